The second-order valence-corrected chi connectivity index (χ2v) is 3.56. The van der Waals surface area contributed by atoms with Gasteiger partial charge in [-0.2, -0.15) is 0 Å². The van der Waals surface area contributed by atoms with Crippen LogP contribution in [0.5, 0.6) is 5.75 Å². The molecule has 0 aliphatic heterocycles. The zero-order chi connectivity index (χ0) is 11.8. The van der Waals surface area contributed by atoms with E-state index in [4.69, 9.17) is 20.6 Å². The highest BCUT2D eigenvalue weighted by Crippen LogP contribution is 2.14. The van der Waals surface area contributed by atoms with Gasteiger partial charge in [0.2, 0.25) is 0 Å². The van der Waals surface area contributed by atoms with Gasteiger partial charge in [0, 0.05) is 13.5 Å². The fourth-order valence-electron chi connectivity index (χ4n) is 1.34. The zero-order valence-electron chi connectivity index (χ0n) is 9.53. The number of amidine groups is 1. The first-order valence-corrected chi connectivity index (χ1v) is 5.26. The second-order valence-electron chi connectivity index (χ2n) is 3.56. The third kappa shape index (κ3) is 4.79. The molecular formula is C12H18N2O2. The minimum absolute atomic E-state index is 0.205. The van der Waals surface area contributed by atoms with Crippen LogP contribution in [0.25, 0.3) is 0 Å². The lowest BCUT2D eigenvalue weighted by Gasteiger charge is -2.07. The van der Waals surface area contributed by atoms with Gasteiger partial charge < -0.3 is 15.2 Å². The first kappa shape index (κ1) is 12.5. The van der Waals surface area contributed by atoms with Crippen molar-refractivity contribution in [2.75, 3.05) is 13.7 Å². The predicted octanol–water partition coefficient (Wildman–Crippen LogP) is 1.93. The topological polar surface area (TPSA) is 68.3 Å². The van der Waals surface area contributed by atoms with Gasteiger partial charge in [-0.05, 0) is 24.1 Å². The Hall–Kier alpha value is -1.55. The Morgan fingerprint density at radius 3 is 2.94 bits per heavy atom. The first-order valence-electron chi connectivity index (χ1n) is 5.26. The molecule has 0 spiro atoms. The molecule has 0 unspecified atom stereocenters. The number of nitrogens with one attached hydrogen (secondary N) is 1. The van der Waals surface area contributed by atoms with Crippen molar-refractivity contribution in [1.29, 1.82) is 5.41 Å². The minimum Gasteiger partial charge on any atom is -0.494 e. The molecular weight excluding hydrogens is 204 g/mol. The van der Waals surface area contributed by atoms with Gasteiger partial charge in [0.1, 0.15) is 5.75 Å². The lowest BCUT2D eigenvalue weighted by Crippen LogP contribution is -2.11. The largest absolute Gasteiger partial charge is 0.494 e. The summed E-state index contributed by atoms with van der Waals surface area (Å²) in [5.74, 6) is 1.04. The molecule has 0 bridgehead atoms. The van der Waals surface area contributed by atoms with Gasteiger partial charge in [0.05, 0.1) is 19.0 Å². The van der Waals surface area contributed by atoms with E-state index < -0.39 is 0 Å². The average molecular weight is 222 g/mol. The highest BCUT2D eigenvalue weighted by Gasteiger charge is 1.97. The maximum atomic E-state index is 7.07. The Balaban J connectivity index is 2.35. The maximum Gasteiger partial charge on any atom is 0.119 e. The Labute approximate surface area is 95.9 Å². The number of benzene rings is 1. The van der Waals surface area contributed by atoms with E-state index in [1.807, 2.05) is 24.3 Å². The van der Waals surface area contributed by atoms with Gasteiger partial charge in [0.25, 0.3) is 0 Å². The van der Waals surface area contributed by atoms with E-state index >= 15 is 0 Å². The van der Waals surface area contributed by atoms with Gasteiger partial charge in [-0.25, -0.2) is 0 Å². The van der Waals surface area contributed by atoms with E-state index in [1.165, 1.54) is 0 Å². The Morgan fingerprint density at radius 2 is 2.25 bits per heavy atom. The molecule has 0 aliphatic carbocycles. The summed E-state index contributed by atoms with van der Waals surface area (Å²) in [4.78, 5) is 0. The molecule has 0 fully saturated rings. The molecule has 0 atom stereocenters. The van der Waals surface area contributed by atoms with Crippen LogP contribution in [0.4, 0.5) is 0 Å². The fourth-order valence-corrected chi connectivity index (χ4v) is 1.34. The van der Waals surface area contributed by atoms with Crippen LogP contribution in [-0.4, -0.2) is 19.6 Å². The van der Waals surface area contributed by atoms with Crippen molar-refractivity contribution in [3.8, 4) is 5.75 Å². The van der Waals surface area contributed by atoms with Gasteiger partial charge in [-0.15, -0.1) is 0 Å². The lowest BCUT2D eigenvalue weighted by atomic mass is 10.2. The van der Waals surface area contributed by atoms with Gasteiger partial charge in [-0.1, -0.05) is 12.1 Å². The normalized spacial score (nSPS) is 10.1. The highest BCUT2D eigenvalue weighted by atomic mass is 16.5. The van der Waals surface area contributed by atoms with Crippen LogP contribution < -0.4 is 10.5 Å². The van der Waals surface area contributed by atoms with Crippen molar-refractivity contribution in [3.05, 3.63) is 29.8 Å². The molecule has 4 nitrogen and oxygen atoms in total. The predicted molar refractivity (Wildman–Crippen MR) is 63.8 cm³/mol. The van der Waals surface area contributed by atoms with Crippen LogP contribution in [0.2, 0.25) is 0 Å². The van der Waals surface area contributed by atoms with Crippen molar-refractivity contribution in [3.63, 3.8) is 0 Å². The summed E-state index contributed by atoms with van der Waals surface area (Å²) in [5, 5.41) is 7.07. The van der Waals surface area contributed by atoms with Crippen molar-refractivity contribution in [2.24, 2.45) is 5.73 Å². The molecule has 1 aromatic carbocycles. The number of methoxy groups -OCH3 is 1. The van der Waals surface area contributed by atoms with E-state index in [2.05, 4.69) is 0 Å². The fraction of sp³-hybridized carbons (Fsp3) is 0.417. The summed E-state index contributed by atoms with van der Waals surface area (Å²) >= 11 is 0. The summed E-state index contributed by atoms with van der Waals surface area (Å²) in [6, 6.07) is 7.80. The molecule has 3 N–H and O–H groups in total. The highest BCUT2D eigenvalue weighted by molar-refractivity contribution is 5.76. The molecule has 0 radical (unpaired) electrons. The van der Waals surface area contributed by atoms with E-state index in [0.717, 1.165) is 17.7 Å². The summed E-state index contributed by atoms with van der Waals surface area (Å²) in [6.07, 6.45) is 1.35. The van der Waals surface area contributed by atoms with Crippen LogP contribution in [0.3, 0.4) is 0 Å². The summed E-state index contributed by atoms with van der Waals surface area (Å²) in [5.41, 5.74) is 6.34. The molecule has 88 valence electrons. The van der Waals surface area contributed by atoms with Crippen LogP contribution in [0, 0.1) is 5.41 Å². The van der Waals surface area contributed by atoms with E-state index in [9.17, 15) is 0 Å². The van der Waals surface area contributed by atoms with E-state index in [-0.39, 0.29) is 5.84 Å². The monoisotopic (exact) mass is 222 g/mol. The third-order valence-corrected chi connectivity index (χ3v) is 2.07. The molecule has 0 aliphatic rings. The van der Waals surface area contributed by atoms with Crippen LogP contribution in [-0.2, 0) is 11.3 Å². The van der Waals surface area contributed by atoms with Gasteiger partial charge in [0.15, 0.2) is 0 Å². The van der Waals surface area contributed by atoms with Crippen LogP contribution in [0.15, 0.2) is 24.3 Å². The maximum absolute atomic E-state index is 7.07. The van der Waals surface area contributed by atoms with Gasteiger partial charge >= 0.3 is 0 Å². The number of hydrogen-bond acceptors (Lipinski definition) is 3. The lowest BCUT2D eigenvalue weighted by molar-refractivity contribution is 0.184. The van der Waals surface area contributed by atoms with Crippen LogP contribution >= 0.6 is 0 Å². The molecule has 0 aromatic heterocycles. The molecule has 16 heavy (non-hydrogen) atoms. The molecule has 1 aromatic rings. The smallest absolute Gasteiger partial charge is 0.119 e. The Morgan fingerprint density at radius 1 is 1.44 bits per heavy atom. The minimum atomic E-state index is 0.205. The van der Waals surface area contributed by atoms with E-state index in [1.54, 1.807) is 7.11 Å². The van der Waals surface area contributed by atoms with Crippen LogP contribution in [0.1, 0.15) is 18.4 Å². The molecule has 0 saturated carbocycles. The van der Waals surface area contributed by atoms with Crippen molar-refractivity contribution < 1.29 is 9.47 Å². The molecule has 4 heteroatoms. The van der Waals surface area contributed by atoms with Crippen molar-refractivity contribution in [1.82, 2.24) is 0 Å². The summed E-state index contributed by atoms with van der Waals surface area (Å²) in [7, 11) is 1.67. The SMILES string of the molecule is COCc1cccc(OCCCC(=N)N)c1. The number of hydrogen-bond donors (Lipinski definition) is 2. The second kappa shape index (κ2) is 6.85. The molecule has 0 heterocycles. The first-order chi connectivity index (χ1) is 7.72. The standard InChI is InChI=1S/C12H18N2O2/c1-15-9-10-4-2-5-11(8-10)16-7-3-6-12(13)14/h2,4-5,8H,3,6-7,9H2,1H3,(H3,13,14). The van der Waals surface area contributed by atoms with E-state index in [0.29, 0.717) is 19.6 Å². The average Bonchev–Trinajstić information content (AvgIpc) is 2.25. The van der Waals surface area contributed by atoms with Crippen molar-refractivity contribution >= 4 is 5.84 Å². The molecule has 1 rings (SSSR count). The zero-order valence-corrected chi connectivity index (χ0v) is 9.53. The Bertz CT molecular complexity index is 340. The number of rotatable bonds is 7. The van der Waals surface area contributed by atoms with Gasteiger partial charge in [-0.3, -0.25) is 5.41 Å². The molecule has 0 saturated heterocycles. The Kier molecular flexibility index (Phi) is 5.36. The number of nitrogens with two attached hydrogens (primary N) is 1. The number of ether oxygens (including phenoxy) is 2. The summed E-state index contributed by atoms with van der Waals surface area (Å²) < 4.78 is 10.6. The molecule has 0 amide bonds. The quantitative estimate of drug-likeness (QED) is 0.421. The third-order valence-electron chi connectivity index (χ3n) is 2.07. The summed E-state index contributed by atoms with van der Waals surface area (Å²) in [6.45, 7) is 1.17. The van der Waals surface area contributed by atoms with Crippen molar-refractivity contribution in [2.45, 2.75) is 19.4 Å².